The topological polar surface area (TPSA) is 79.6 Å². The van der Waals surface area contributed by atoms with Gasteiger partial charge in [0.2, 0.25) is 0 Å². The van der Waals surface area contributed by atoms with Crippen molar-refractivity contribution in [3.63, 3.8) is 0 Å². The number of amides is 1. The van der Waals surface area contributed by atoms with Crippen LogP contribution in [0.25, 0.3) is 16.9 Å². The first-order valence-electron chi connectivity index (χ1n) is 11.3. The minimum absolute atomic E-state index is 0.122. The van der Waals surface area contributed by atoms with Crippen LogP contribution in [0.4, 0.5) is 0 Å². The lowest BCUT2D eigenvalue weighted by atomic mass is 10.1. The van der Waals surface area contributed by atoms with Gasteiger partial charge in [0.15, 0.2) is 5.69 Å². The molecule has 2 aromatic carbocycles. The summed E-state index contributed by atoms with van der Waals surface area (Å²) in [4.78, 5) is 13.1. The summed E-state index contributed by atoms with van der Waals surface area (Å²) < 4.78 is 6.14. The van der Waals surface area contributed by atoms with E-state index < -0.39 is 0 Å². The molecule has 2 heterocycles. The van der Waals surface area contributed by atoms with Crippen molar-refractivity contribution in [1.29, 1.82) is 0 Å². The van der Waals surface area contributed by atoms with Crippen LogP contribution in [0.15, 0.2) is 42.5 Å². The maximum absolute atomic E-state index is 13.1. The van der Waals surface area contributed by atoms with Crippen LogP contribution < -0.4 is 5.43 Å². The van der Waals surface area contributed by atoms with E-state index in [1.165, 1.54) is 6.42 Å². The standard InChI is InChI=1S/C22H21Cl3N4O.C3H8O2/c1-14-20(22(30)27-28-11-3-2-4-12-28)26-29(19-10-9-17(24)13-18(19)25)21(14)15-5-7-16(23)8-6-15;1-5-3-2-4/h5-10,13H,2-4,11-12H2,1H3,(H,27,30);4H,2-3H2,1H3. The van der Waals surface area contributed by atoms with E-state index in [0.717, 1.165) is 42.8 Å². The molecule has 188 valence electrons. The number of nitrogens with zero attached hydrogens (tertiary/aromatic N) is 3. The average Bonchev–Trinajstić information content (AvgIpc) is 3.18. The van der Waals surface area contributed by atoms with Gasteiger partial charge in [0, 0.05) is 41.4 Å². The van der Waals surface area contributed by atoms with Gasteiger partial charge in [-0.15, -0.1) is 0 Å². The molecule has 7 nitrogen and oxygen atoms in total. The Morgan fingerprint density at radius 3 is 2.29 bits per heavy atom. The number of hydrazine groups is 1. The predicted molar refractivity (Wildman–Crippen MR) is 141 cm³/mol. The van der Waals surface area contributed by atoms with Crippen molar-refractivity contribution in [2.45, 2.75) is 26.2 Å². The van der Waals surface area contributed by atoms with Gasteiger partial charge in [0.05, 0.1) is 29.6 Å². The molecule has 1 aromatic heterocycles. The maximum atomic E-state index is 13.1. The van der Waals surface area contributed by atoms with Gasteiger partial charge < -0.3 is 9.84 Å². The van der Waals surface area contributed by atoms with Gasteiger partial charge in [0.25, 0.3) is 5.91 Å². The third-order valence-electron chi connectivity index (χ3n) is 5.50. The molecule has 0 aliphatic carbocycles. The summed E-state index contributed by atoms with van der Waals surface area (Å²) in [7, 11) is 1.55. The van der Waals surface area contributed by atoms with E-state index in [4.69, 9.17) is 39.9 Å². The van der Waals surface area contributed by atoms with Gasteiger partial charge >= 0.3 is 0 Å². The van der Waals surface area contributed by atoms with E-state index in [0.29, 0.717) is 33.1 Å². The zero-order chi connectivity index (χ0) is 25.4. The number of rotatable bonds is 6. The van der Waals surface area contributed by atoms with Crippen LogP contribution in [0.5, 0.6) is 0 Å². The lowest BCUT2D eigenvalue weighted by molar-refractivity contribution is 0.0743. The van der Waals surface area contributed by atoms with Gasteiger partial charge in [-0.25, -0.2) is 9.69 Å². The summed E-state index contributed by atoms with van der Waals surface area (Å²) in [6, 6.07) is 12.6. The average molecular weight is 540 g/mol. The quantitative estimate of drug-likeness (QED) is 0.428. The molecule has 1 amide bonds. The fourth-order valence-corrected chi connectivity index (χ4v) is 4.39. The first kappa shape index (κ1) is 27.5. The summed E-state index contributed by atoms with van der Waals surface area (Å²) in [5.41, 5.74) is 6.42. The third-order valence-corrected chi connectivity index (χ3v) is 6.29. The fraction of sp³-hybridized carbons (Fsp3) is 0.360. The molecule has 0 atom stereocenters. The SMILES string of the molecule is COCCO.Cc1c(C(=O)NN2CCCCC2)nn(-c2ccc(Cl)cc2Cl)c1-c1ccc(Cl)cc1. The van der Waals surface area contributed by atoms with E-state index >= 15 is 0 Å². The normalized spacial score (nSPS) is 13.8. The summed E-state index contributed by atoms with van der Waals surface area (Å²) in [6.45, 7) is 4.15. The number of carbonyl (C=O) groups excluding carboxylic acids is 1. The van der Waals surface area contributed by atoms with Crippen LogP contribution in [0, 0.1) is 6.92 Å². The Hall–Kier alpha value is -2.13. The van der Waals surface area contributed by atoms with Crippen LogP contribution in [0.1, 0.15) is 35.3 Å². The summed E-state index contributed by atoms with van der Waals surface area (Å²) in [5, 5.41) is 16.2. The van der Waals surface area contributed by atoms with Crippen molar-refractivity contribution in [3.05, 3.63) is 68.8 Å². The highest BCUT2D eigenvalue weighted by molar-refractivity contribution is 6.35. The highest BCUT2D eigenvalue weighted by Gasteiger charge is 2.24. The number of methoxy groups -OCH3 is 1. The van der Waals surface area contributed by atoms with E-state index in [2.05, 4.69) is 15.3 Å². The summed E-state index contributed by atoms with van der Waals surface area (Å²) in [6.07, 6.45) is 3.34. The van der Waals surface area contributed by atoms with Gasteiger partial charge in [0.1, 0.15) is 0 Å². The zero-order valence-corrected chi connectivity index (χ0v) is 22.0. The van der Waals surface area contributed by atoms with Gasteiger partial charge in [-0.05, 0) is 50.1 Å². The number of ether oxygens (including phenoxy) is 1. The van der Waals surface area contributed by atoms with E-state index in [-0.39, 0.29) is 12.5 Å². The second kappa shape index (κ2) is 13.3. The lowest BCUT2D eigenvalue weighted by Gasteiger charge is -2.26. The molecule has 1 aliphatic rings. The summed E-state index contributed by atoms with van der Waals surface area (Å²) in [5.74, 6) is -0.228. The highest BCUT2D eigenvalue weighted by Crippen LogP contribution is 2.33. The van der Waals surface area contributed by atoms with E-state index in [1.807, 2.05) is 36.2 Å². The molecule has 4 rings (SSSR count). The van der Waals surface area contributed by atoms with Gasteiger partial charge in [-0.3, -0.25) is 10.2 Å². The van der Waals surface area contributed by atoms with Crippen LogP contribution >= 0.6 is 34.8 Å². The Bertz CT molecular complexity index is 1130. The van der Waals surface area contributed by atoms with Gasteiger partial charge in [-0.1, -0.05) is 53.4 Å². The van der Waals surface area contributed by atoms with E-state index in [9.17, 15) is 4.79 Å². The van der Waals surface area contributed by atoms with Crippen molar-refractivity contribution >= 4 is 40.7 Å². The molecule has 1 aliphatic heterocycles. The number of carbonyl (C=O) groups is 1. The van der Waals surface area contributed by atoms with Crippen LogP contribution in [0.3, 0.4) is 0 Å². The number of aliphatic hydroxyl groups is 1. The first-order chi connectivity index (χ1) is 16.8. The van der Waals surface area contributed by atoms with Crippen LogP contribution in [-0.4, -0.2) is 59.2 Å². The van der Waals surface area contributed by atoms with Crippen molar-refractivity contribution in [1.82, 2.24) is 20.2 Å². The zero-order valence-electron chi connectivity index (χ0n) is 19.7. The number of aromatic nitrogens is 2. The van der Waals surface area contributed by atoms with Crippen molar-refractivity contribution < 1.29 is 14.6 Å². The molecular formula is C25H29Cl3N4O3. The number of aliphatic hydroxyl groups excluding tert-OH is 1. The summed E-state index contributed by atoms with van der Waals surface area (Å²) >= 11 is 18.6. The molecule has 1 fully saturated rings. The molecule has 35 heavy (non-hydrogen) atoms. The maximum Gasteiger partial charge on any atom is 0.286 e. The van der Waals surface area contributed by atoms with Crippen molar-refractivity contribution in [2.24, 2.45) is 0 Å². The number of hydrogen-bond donors (Lipinski definition) is 2. The van der Waals surface area contributed by atoms with Crippen LogP contribution in [-0.2, 0) is 4.74 Å². The van der Waals surface area contributed by atoms with E-state index in [1.54, 1.807) is 30.0 Å². The molecule has 0 saturated carbocycles. The fourth-order valence-electron chi connectivity index (χ4n) is 3.78. The molecule has 10 heteroatoms. The van der Waals surface area contributed by atoms with Crippen LogP contribution in [0.2, 0.25) is 15.1 Å². The van der Waals surface area contributed by atoms with Gasteiger partial charge in [-0.2, -0.15) is 5.10 Å². The third kappa shape index (κ3) is 7.19. The monoisotopic (exact) mass is 538 g/mol. The molecule has 0 bridgehead atoms. The molecule has 0 spiro atoms. The minimum atomic E-state index is -0.228. The Morgan fingerprint density at radius 2 is 1.71 bits per heavy atom. The number of halogens is 3. The molecule has 3 aromatic rings. The second-order valence-electron chi connectivity index (χ2n) is 8.04. The molecule has 0 unspecified atom stereocenters. The smallest absolute Gasteiger partial charge is 0.286 e. The Labute approximate surface area is 220 Å². The highest BCUT2D eigenvalue weighted by atomic mass is 35.5. The number of benzene rings is 2. The lowest BCUT2D eigenvalue weighted by Crippen LogP contribution is -2.45. The van der Waals surface area contributed by atoms with Crippen molar-refractivity contribution in [2.75, 3.05) is 33.4 Å². The molecule has 1 saturated heterocycles. The first-order valence-corrected chi connectivity index (χ1v) is 12.5. The largest absolute Gasteiger partial charge is 0.394 e. The Kier molecular flexibility index (Phi) is 10.4. The van der Waals surface area contributed by atoms with Crippen molar-refractivity contribution in [3.8, 4) is 16.9 Å². The molecule has 2 N–H and O–H groups in total. The minimum Gasteiger partial charge on any atom is -0.394 e. The Balaban J connectivity index is 0.000000623. The second-order valence-corrected chi connectivity index (χ2v) is 9.32. The number of piperidine rings is 1. The number of nitrogens with one attached hydrogen (secondary N) is 1. The Morgan fingerprint density at radius 1 is 1.06 bits per heavy atom. The molecule has 0 radical (unpaired) electrons. The number of hydrogen-bond acceptors (Lipinski definition) is 5. The predicted octanol–water partition coefficient (Wildman–Crippen LogP) is 5.56. The molecular weight excluding hydrogens is 511 g/mol.